The van der Waals surface area contributed by atoms with Gasteiger partial charge in [0.25, 0.3) is 0 Å². The molecule has 2 atom stereocenters. The predicted molar refractivity (Wildman–Crippen MR) is 96.8 cm³/mol. The molecule has 0 aliphatic carbocycles. The Morgan fingerprint density at radius 3 is 2.65 bits per heavy atom. The first kappa shape index (κ1) is 17.5. The molecule has 2 aromatic rings. The number of fused-ring (bicyclic) bond motifs is 1. The first-order valence-corrected chi connectivity index (χ1v) is 9.14. The summed E-state index contributed by atoms with van der Waals surface area (Å²) >= 11 is 5.91. The highest BCUT2D eigenvalue weighted by atomic mass is 35.5. The number of rotatable bonds is 4. The maximum absolute atomic E-state index is 13.3. The van der Waals surface area contributed by atoms with Crippen molar-refractivity contribution in [3.63, 3.8) is 0 Å². The lowest BCUT2D eigenvalue weighted by Crippen LogP contribution is -2.50. The van der Waals surface area contributed by atoms with Crippen molar-refractivity contribution >= 4 is 17.4 Å². The van der Waals surface area contributed by atoms with Crippen molar-refractivity contribution in [3.8, 4) is 5.75 Å². The monoisotopic (exact) mass is 379 g/mol. The van der Waals surface area contributed by atoms with Crippen LogP contribution in [0.3, 0.4) is 0 Å². The van der Waals surface area contributed by atoms with Gasteiger partial charge in [0.2, 0.25) is 0 Å². The number of hydrogen-bond donors (Lipinski definition) is 0. The van der Waals surface area contributed by atoms with Crippen molar-refractivity contribution in [2.24, 2.45) is 5.92 Å². The van der Waals surface area contributed by atoms with Crippen LogP contribution in [0, 0.1) is 17.6 Å². The molecule has 7 heteroatoms. The summed E-state index contributed by atoms with van der Waals surface area (Å²) in [6, 6.07) is 7.55. The second-order valence-electron chi connectivity index (χ2n) is 6.95. The van der Waals surface area contributed by atoms with Crippen LogP contribution in [0.25, 0.3) is 0 Å². The Kier molecular flexibility index (Phi) is 4.96. The van der Waals surface area contributed by atoms with Gasteiger partial charge in [-0.3, -0.25) is 4.90 Å². The molecule has 0 spiro atoms. The number of benzene rings is 1. The molecule has 26 heavy (non-hydrogen) atoms. The molecule has 0 amide bonds. The lowest BCUT2D eigenvalue weighted by Gasteiger charge is -2.38. The molecule has 0 bridgehead atoms. The molecule has 4 rings (SSSR count). The third-order valence-electron chi connectivity index (χ3n) is 5.06. The van der Waals surface area contributed by atoms with E-state index in [2.05, 4.69) is 14.8 Å². The molecular formula is C19H20ClF2N3O. The second kappa shape index (κ2) is 7.37. The first-order chi connectivity index (χ1) is 12.6. The van der Waals surface area contributed by atoms with Gasteiger partial charge in [-0.2, -0.15) is 0 Å². The number of ether oxygens (including phenoxy) is 1. The second-order valence-corrected chi connectivity index (χ2v) is 7.38. The van der Waals surface area contributed by atoms with Crippen LogP contribution in [-0.2, 0) is 0 Å². The number of hydrogen-bond acceptors (Lipinski definition) is 4. The van der Waals surface area contributed by atoms with Gasteiger partial charge in [0.15, 0.2) is 0 Å². The van der Waals surface area contributed by atoms with E-state index in [-0.39, 0.29) is 5.75 Å². The summed E-state index contributed by atoms with van der Waals surface area (Å²) in [5, 5.41) is 0.638. The van der Waals surface area contributed by atoms with Crippen LogP contribution in [0.1, 0.15) is 6.42 Å². The zero-order valence-electron chi connectivity index (χ0n) is 14.2. The molecule has 2 aliphatic rings. The number of piperazine rings is 1. The Morgan fingerprint density at radius 1 is 1.12 bits per heavy atom. The molecular weight excluding hydrogens is 360 g/mol. The number of halogens is 3. The van der Waals surface area contributed by atoms with E-state index in [4.69, 9.17) is 16.3 Å². The number of nitrogens with zero attached hydrogens (tertiary/aromatic N) is 3. The average Bonchev–Trinajstić information content (AvgIpc) is 3.02. The van der Waals surface area contributed by atoms with Crippen LogP contribution in [0.5, 0.6) is 5.75 Å². The van der Waals surface area contributed by atoms with Gasteiger partial charge in [0.05, 0.1) is 11.6 Å². The van der Waals surface area contributed by atoms with Gasteiger partial charge in [0, 0.05) is 62.5 Å². The Bertz CT molecular complexity index is 754. The van der Waals surface area contributed by atoms with Gasteiger partial charge in [-0.25, -0.2) is 13.8 Å². The third kappa shape index (κ3) is 3.91. The molecule has 2 aliphatic heterocycles. The maximum Gasteiger partial charge on any atom is 0.129 e. The van der Waals surface area contributed by atoms with Crippen LogP contribution < -0.4 is 9.64 Å². The van der Waals surface area contributed by atoms with Crippen molar-refractivity contribution in [3.05, 3.63) is 53.2 Å². The molecule has 0 radical (unpaired) electrons. The van der Waals surface area contributed by atoms with Crippen molar-refractivity contribution in [2.45, 2.75) is 12.5 Å². The minimum Gasteiger partial charge on any atom is -0.493 e. The van der Waals surface area contributed by atoms with Gasteiger partial charge >= 0.3 is 0 Å². The largest absolute Gasteiger partial charge is 0.493 e. The first-order valence-electron chi connectivity index (χ1n) is 8.76. The molecule has 138 valence electrons. The molecule has 1 aromatic carbocycles. The lowest BCUT2D eigenvalue weighted by molar-refractivity contribution is 0.216. The fraction of sp³-hybridized carbons (Fsp3) is 0.421. The van der Waals surface area contributed by atoms with E-state index in [0.29, 0.717) is 23.6 Å². The van der Waals surface area contributed by atoms with E-state index < -0.39 is 11.6 Å². The molecule has 0 unspecified atom stereocenters. The zero-order chi connectivity index (χ0) is 18.1. The number of pyridine rings is 1. The van der Waals surface area contributed by atoms with Crippen LogP contribution in [0.15, 0.2) is 36.5 Å². The summed E-state index contributed by atoms with van der Waals surface area (Å²) in [5.41, 5.74) is 0. The summed E-state index contributed by atoms with van der Waals surface area (Å²) < 4.78 is 32.1. The molecule has 3 heterocycles. The molecule has 0 N–H and O–H groups in total. The third-order valence-corrected chi connectivity index (χ3v) is 5.28. The van der Waals surface area contributed by atoms with Gasteiger partial charge in [-0.15, -0.1) is 0 Å². The van der Waals surface area contributed by atoms with Crippen LogP contribution in [0.2, 0.25) is 5.02 Å². The topological polar surface area (TPSA) is 28.6 Å². The summed E-state index contributed by atoms with van der Waals surface area (Å²) in [7, 11) is 0. The summed E-state index contributed by atoms with van der Waals surface area (Å²) in [4.78, 5) is 9.15. The Morgan fingerprint density at radius 2 is 1.92 bits per heavy atom. The fourth-order valence-corrected chi connectivity index (χ4v) is 3.97. The number of aromatic nitrogens is 1. The molecule has 0 saturated carbocycles. The highest BCUT2D eigenvalue weighted by Crippen LogP contribution is 2.29. The van der Waals surface area contributed by atoms with E-state index >= 15 is 0 Å². The van der Waals surface area contributed by atoms with Crippen LogP contribution in [0.4, 0.5) is 14.6 Å². The van der Waals surface area contributed by atoms with Crippen LogP contribution in [-0.4, -0.2) is 48.7 Å². The zero-order valence-corrected chi connectivity index (χ0v) is 15.0. The highest BCUT2D eigenvalue weighted by Gasteiger charge is 2.36. The Balaban J connectivity index is 1.33. The van der Waals surface area contributed by atoms with E-state index in [1.807, 2.05) is 12.1 Å². The minimum absolute atomic E-state index is 0.249. The van der Waals surface area contributed by atoms with Gasteiger partial charge in [-0.1, -0.05) is 11.6 Å². The smallest absolute Gasteiger partial charge is 0.129 e. The molecule has 1 aromatic heterocycles. The SMILES string of the molecule is Fc1cc(F)cc(OC[C@H]2C[C@H]3CN(c4ccc(Cl)cn4)CCN3C2)c1. The van der Waals surface area contributed by atoms with Crippen LogP contribution >= 0.6 is 11.6 Å². The normalized spacial score (nSPS) is 23.1. The maximum atomic E-state index is 13.3. The summed E-state index contributed by atoms with van der Waals surface area (Å²) in [6.45, 7) is 4.23. The predicted octanol–water partition coefficient (Wildman–Crippen LogP) is 3.60. The van der Waals surface area contributed by atoms with E-state index in [1.165, 1.54) is 12.1 Å². The highest BCUT2D eigenvalue weighted by molar-refractivity contribution is 6.30. The standard InChI is InChI=1S/C19H20ClF2N3O/c20-14-1-2-19(23-9-14)25-4-3-24-10-13(5-17(24)11-25)12-26-18-7-15(21)6-16(22)8-18/h1-2,6-9,13,17H,3-5,10-12H2/t13-,17-/m0/s1. The quantitative estimate of drug-likeness (QED) is 0.811. The molecule has 2 fully saturated rings. The number of anilines is 1. The van der Waals surface area contributed by atoms with Gasteiger partial charge in [0.1, 0.15) is 23.2 Å². The summed E-state index contributed by atoms with van der Waals surface area (Å²) in [6.07, 6.45) is 2.68. The van der Waals surface area contributed by atoms with Crippen molar-refractivity contribution < 1.29 is 13.5 Å². The van der Waals surface area contributed by atoms with E-state index in [1.54, 1.807) is 6.20 Å². The van der Waals surface area contributed by atoms with Crippen molar-refractivity contribution in [1.29, 1.82) is 0 Å². The van der Waals surface area contributed by atoms with Gasteiger partial charge < -0.3 is 9.64 Å². The van der Waals surface area contributed by atoms with E-state index in [9.17, 15) is 8.78 Å². The minimum atomic E-state index is -0.616. The molecule has 4 nitrogen and oxygen atoms in total. The summed E-state index contributed by atoms with van der Waals surface area (Å²) in [5.74, 6) is 0.317. The Hall–Kier alpha value is -1.92. The van der Waals surface area contributed by atoms with Crippen molar-refractivity contribution in [1.82, 2.24) is 9.88 Å². The fourth-order valence-electron chi connectivity index (χ4n) is 3.86. The van der Waals surface area contributed by atoms with Gasteiger partial charge in [-0.05, 0) is 18.6 Å². The van der Waals surface area contributed by atoms with E-state index in [0.717, 1.165) is 44.5 Å². The lowest BCUT2D eigenvalue weighted by atomic mass is 10.1. The average molecular weight is 380 g/mol. The van der Waals surface area contributed by atoms with Crippen molar-refractivity contribution in [2.75, 3.05) is 37.7 Å². The Labute approximate surface area is 156 Å². The molecule has 2 saturated heterocycles.